The normalized spacial score (nSPS) is 10.8. The van der Waals surface area contributed by atoms with Crippen LogP contribution < -0.4 is 5.73 Å². The third kappa shape index (κ3) is 1.20. The molecule has 3 heterocycles. The van der Waals surface area contributed by atoms with Gasteiger partial charge in [0.25, 0.3) is 0 Å². The van der Waals surface area contributed by atoms with Gasteiger partial charge in [0.05, 0.1) is 0 Å². The number of nitrogens with two attached hydrogens (primary N) is 1. The molecule has 78 valence electrons. The van der Waals surface area contributed by atoms with E-state index in [-0.39, 0.29) is 0 Å². The minimum atomic E-state index is 0.396. The number of nitrogens with zero attached hydrogens (tertiary/aromatic N) is 4. The van der Waals surface area contributed by atoms with Crippen LogP contribution in [0.5, 0.6) is 0 Å². The number of hydrogen-bond acceptors (Lipinski definition) is 5. The van der Waals surface area contributed by atoms with Crippen molar-refractivity contribution in [1.82, 2.24) is 25.1 Å². The van der Waals surface area contributed by atoms with Crippen LogP contribution >= 0.6 is 0 Å². The van der Waals surface area contributed by atoms with Crippen molar-refractivity contribution < 1.29 is 0 Å². The molecule has 3 aromatic heterocycles. The molecule has 0 atom stereocenters. The second kappa shape index (κ2) is 3.27. The van der Waals surface area contributed by atoms with Gasteiger partial charge in [-0.25, -0.2) is 9.97 Å². The van der Waals surface area contributed by atoms with Crippen molar-refractivity contribution >= 4 is 16.9 Å². The Kier molecular flexibility index (Phi) is 1.79. The highest BCUT2D eigenvalue weighted by Gasteiger charge is 2.11. The molecule has 0 aliphatic carbocycles. The first kappa shape index (κ1) is 8.78. The molecule has 3 rings (SSSR count). The summed E-state index contributed by atoms with van der Waals surface area (Å²) in [6.07, 6.45) is 4.86. The first-order chi connectivity index (χ1) is 7.86. The van der Waals surface area contributed by atoms with Gasteiger partial charge in [-0.3, -0.25) is 10.1 Å². The lowest BCUT2D eigenvalue weighted by Gasteiger charge is -1.95. The summed E-state index contributed by atoms with van der Waals surface area (Å²) >= 11 is 0. The van der Waals surface area contributed by atoms with E-state index in [1.54, 1.807) is 12.4 Å². The van der Waals surface area contributed by atoms with E-state index in [0.717, 1.165) is 11.3 Å². The topological polar surface area (TPSA) is 93.4 Å². The summed E-state index contributed by atoms with van der Waals surface area (Å²) < 4.78 is 0. The molecule has 0 radical (unpaired) electrons. The standard InChI is InChI=1S/C10H8N6/c11-10-9-8(13-5-14-10)7(15-16-9)6-2-1-3-12-4-6/h1-5H,(H,15,16)(H2,11,13,14). The van der Waals surface area contributed by atoms with Gasteiger partial charge in [-0.05, 0) is 12.1 Å². The maximum Gasteiger partial charge on any atom is 0.152 e. The summed E-state index contributed by atoms with van der Waals surface area (Å²) in [6.45, 7) is 0. The summed E-state index contributed by atoms with van der Waals surface area (Å²) in [6, 6.07) is 3.77. The average Bonchev–Trinajstić information content (AvgIpc) is 2.75. The summed E-state index contributed by atoms with van der Waals surface area (Å²) in [7, 11) is 0. The number of nitrogen functional groups attached to an aromatic ring is 1. The first-order valence-corrected chi connectivity index (χ1v) is 4.71. The van der Waals surface area contributed by atoms with Crippen LogP contribution in [-0.2, 0) is 0 Å². The Labute approximate surface area is 90.6 Å². The van der Waals surface area contributed by atoms with E-state index in [2.05, 4.69) is 25.1 Å². The first-order valence-electron chi connectivity index (χ1n) is 4.71. The van der Waals surface area contributed by atoms with E-state index in [4.69, 9.17) is 5.73 Å². The van der Waals surface area contributed by atoms with Gasteiger partial charge in [-0.2, -0.15) is 5.10 Å². The van der Waals surface area contributed by atoms with E-state index >= 15 is 0 Å². The molecule has 0 spiro atoms. The molecule has 0 amide bonds. The van der Waals surface area contributed by atoms with Gasteiger partial charge in [0.15, 0.2) is 5.82 Å². The summed E-state index contributed by atoms with van der Waals surface area (Å²) in [5.41, 5.74) is 8.70. The molecule has 0 bridgehead atoms. The molecule has 0 aromatic carbocycles. The van der Waals surface area contributed by atoms with Gasteiger partial charge >= 0.3 is 0 Å². The SMILES string of the molecule is Nc1ncnc2c(-c3cccnc3)n[nH]c12. The van der Waals surface area contributed by atoms with Crippen molar-refractivity contribution in [1.29, 1.82) is 0 Å². The molecule has 0 saturated heterocycles. The summed E-state index contributed by atoms with van der Waals surface area (Å²) in [4.78, 5) is 12.1. The molecule has 6 heteroatoms. The van der Waals surface area contributed by atoms with Crippen molar-refractivity contribution in [3.63, 3.8) is 0 Å². The van der Waals surface area contributed by atoms with Crippen molar-refractivity contribution in [3.8, 4) is 11.3 Å². The lowest BCUT2D eigenvalue weighted by molar-refractivity contribution is 1.12. The maximum absolute atomic E-state index is 5.71. The zero-order chi connectivity index (χ0) is 11.0. The van der Waals surface area contributed by atoms with Gasteiger partial charge in [-0.1, -0.05) is 0 Å². The van der Waals surface area contributed by atoms with Gasteiger partial charge in [0, 0.05) is 18.0 Å². The molecular weight excluding hydrogens is 204 g/mol. The number of rotatable bonds is 1. The highest BCUT2D eigenvalue weighted by molar-refractivity contribution is 5.94. The molecule has 16 heavy (non-hydrogen) atoms. The third-order valence-electron chi connectivity index (χ3n) is 2.32. The van der Waals surface area contributed by atoms with E-state index in [1.807, 2.05) is 12.1 Å². The molecule has 0 saturated carbocycles. The van der Waals surface area contributed by atoms with Gasteiger partial charge in [0.1, 0.15) is 23.1 Å². The van der Waals surface area contributed by atoms with Gasteiger partial charge < -0.3 is 5.73 Å². The molecule has 3 aromatic rings. The summed E-state index contributed by atoms with van der Waals surface area (Å²) in [5.74, 6) is 0.396. The second-order valence-corrected chi connectivity index (χ2v) is 3.30. The molecule has 0 fully saturated rings. The van der Waals surface area contributed by atoms with Crippen LogP contribution in [0.3, 0.4) is 0 Å². The Morgan fingerprint density at radius 2 is 2.19 bits per heavy atom. The number of nitrogens with one attached hydrogen (secondary N) is 1. The molecular formula is C10H8N6. The van der Waals surface area contributed by atoms with Crippen LogP contribution in [0.4, 0.5) is 5.82 Å². The third-order valence-corrected chi connectivity index (χ3v) is 2.32. The number of anilines is 1. The lowest BCUT2D eigenvalue weighted by atomic mass is 10.2. The number of aromatic nitrogens is 5. The summed E-state index contributed by atoms with van der Waals surface area (Å²) in [5, 5.41) is 7.01. The number of fused-ring (bicyclic) bond motifs is 1. The monoisotopic (exact) mass is 212 g/mol. The highest BCUT2D eigenvalue weighted by atomic mass is 15.1. The number of H-pyrrole nitrogens is 1. The van der Waals surface area contributed by atoms with Crippen molar-refractivity contribution in [2.24, 2.45) is 0 Å². The van der Waals surface area contributed by atoms with Gasteiger partial charge in [0.2, 0.25) is 0 Å². The minimum absolute atomic E-state index is 0.396. The zero-order valence-corrected chi connectivity index (χ0v) is 8.25. The fourth-order valence-electron chi connectivity index (χ4n) is 1.56. The molecule has 3 N–H and O–H groups in total. The van der Waals surface area contributed by atoms with Crippen molar-refractivity contribution in [3.05, 3.63) is 30.9 Å². The fraction of sp³-hybridized carbons (Fsp3) is 0. The molecule has 0 aliphatic heterocycles. The Morgan fingerprint density at radius 1 is 1.25 bits per heavy atom. The maximum atomic E-state index is 5.71. The number of aromatic amines is 1. The van der Waals surface area contributed by atoms with E-state index < -0.39 is 0 Å². The van der Waals surface area contributed by atoms with Crippen LogP contribution in [0.25, 0.3) is 22.3 Å². The second-order valence-electron chi connectivity index (χ2n) is 3.30. The van der Waals surface area contributed by atoms with Crippen LogP contribution in [-0.4, -0.2) is 25.1 Å². The number of hydrogen-bond donors (Lipinski definition) is 2. The minimum Gasteiger partial charge on any atom is -0.382 e. The van der Waals surface area contributed by atoms with Crippen LogP contribution in [0.15, 0.2) is 30.9 Å². The van der Waals surface area contributed by atoms with Crippen LogP contribution in [0.2, 0.25) is 0 Å². The van der Waals surface area contributed by atoms with Crippen LogP contribution in [0.1, 0.15) is 0 Å². The molecule has 0 unspecified atom stereocenters. The van der Waals surface area contributed by atoms with Gasteiger partial charge in [-0.15, -0.1) is 0 Å². The Balaban J connectivity index is 2.30. The Morgan fingerprint density at radius 3 is 3.00 bits per heavy atom. The average molecular weight is 212 g/mol. The largest absolute Gasteiger partial charge is 0.382 e. The van der Waals surface area contributed by atoms with Crippen molar-refractivity contribution in [2.75, 3.05) is 5.73 Å². The molecule has 0 aliphatic rings. The van der Waals surface area contributed by atoms with E-state index in [0.29, 0.717) is 16.9 Å². The fourth-order valence-corrected chi connectivity index (χ4v) is 1.56. The quantitative estimate of drug-likeness (QED) is 0.627. The number of pyridine rings is 1. The van der Waals surface area contributed by atoms with Crippen molar-refractivity contribution in [2.45, 2.75) is 0 Å². The Hall–Kier alpha value is -2.50. The lowest BCUT2D eigenvalue weighted by Crippen LogP contribution is -1.92. The van der Waals surface area contributed by atoms with E-state index in [9.17, 15) is 0 Å². The highest BCUT2D eigenvalue weighted by Crippen LogP contribution is 2.25. The van der Waals surface area contributed by atoms with E-state index in [1.165, 1.54) is 6.33 Å². The smallest absolute Gasteiger partial charge is 0.152 e. The predicted molar refractivity (Wildman–Crippen MR) is 59.3 cm³/mol. The Bertz CT molecular complexity index is 630. The van der Waals surface area contributed by atoms with Crippen LogP contribution in [0, 0.1) is 0 Å². The predicted octanol–water partition coefficient (Wildman–Crippen LogP) is 0.997. The zero-order valence-electron chi connectivity index (χ0n) is 8.25. The molecule has 6 nitrogen and oxygen atoms in total.